The van der Waals surface area contributed by atoms with Crippen molar-refractivity contribution >= 4 is 23.3 Å². The highest BCUT2D eigenvalue weighted by Gasteiger charge is 2.21. The molecule has 104 valence electrons. The van der Waals surface area contributed by atoms with Crippen LogP contribution in [0.4, 0.5) is 4.79 Å². The second-order valence-corrected chi connectivity index (χ2v) is 5.22. The molecule has 2 rings (SSSR count). The zero-order chi connectivity index (χ0) is 13.7. The first-order valence-corrected chi connectivity index (χ1v) is 6.88. The summed E-state index contributed by atoms with van der Waals surface area (Å²) >= 11 is 1.50. The molecule has 1 fully saturated rings. The van der Waals surface area contributed by atoms with Gasteiger partial charge < -0.3 is 15.3 Å². The molecule has 2 N–H and O–H groups in total. The predicted octanol–water partition coefficient (Wildman–Crippen LogP) is 0.0549. The van der Waals surface area contributed by atoms with Crippen molar-refractivity contribution in [2.75, 3.05) is 32.7 Å². The molecule has 0 spiro atoms. The maximum atomic E-state index is 11.9. The van der Waals surface area contributed by atoms with Gasteiger partial charge >= 0.3 is 12.0 Å². The van der Waals surface area contributed by atoms with Crippen LogP contribution in [0.2, 0.25) is 0 Å². The maximum Gasteiger partial charge on any atom is 0.317 e. The Labute approximate surface area is 114 Å². The first-order valence-electron chi connectivity index (χ1n) is 6.00. The molecule has 1 aromatic heterocycles. The average Bonchev–Trinajstić information content (AvgIpc) is 2.89. The summed E-state index contributed by atoms with van der Waals surface area (Å²) in [6.07, 6.45) is 1.71. The minimum absolute atomic E-state index is 0.0363. The van der Waals surface area contributed by atoms with Crippen LogP contribution >= 0.6 is 11.3 Å². The van der Waals surface area contributed by atoms with Gasteiger partial charge in [-0.25, -0.2) is 9.78 Å². The summed E-state index contributed by atoms with van der Waals surface area (Å²) in [6, 6.07) is -0.120. The Kier molecular flexibility index (Phi) is 4.69. The van der Waals surface area contributed by atoms with Gasteiger partial charge in [0, 0.05) is 37.8 Å². The van der Waals surface area contributed by atoms with Crippen molar-refractivity contribution in [2.45, 2.75) is 6.54 Å². The summed E-state index contributed by atoms with van der Waals surface area (Å²) in [7, 11) is 0. The standard InChI is InChI=1S/C11H16N4O3S/c16-10(17)8-14-2-4-15(5-3-14)11(18)13-7-9-12-1-6-19-9/h1,6H,2-5,7-8H2,(H,13,18)(H,16,17). The minimum atomic E-state index is -0.832. The summed E-state index contributed by atoms with van der Waals surface area (Å²) in [6.45, 7) is 2.77. The number of amides is 2. The normalized spacial score (nSPS) is 16.3. The molecule has 0 unspecified atom stereocenters. The molecule has 0 atom stereocenters. The van der Waals surface area contributed by atoms with Crippen LogP contribution in [-0.2, 0) is 11.3 Å². The van der Waals surface area contributed by atoms with Crippen LogP contribution in [0.3, 0.4) is 0 Å². The number of rotatable bonds is 4. The topological polar surface area (TPSA) is 85.8 Å². The van der Waals surface area contributed by atoms with E-state index in [1.807, 2.05) is 10.3 Å². The second-order valence-electron chi connectivity index (χ2n) is 4.24. The average molecular weight is 284 g/mol. The lowest BCUT2D eigenvalue weighted by atomic mass is 10.3. The molecular formula is C11H16N4O3S. The molecule has 0 saturated carbocycles. The maximum absolute atomic E-state index is 11.9. The van der Waals surface area contributed by atoms with Crippen LogP contribution in [0, 0.1) is 0 Å². The van der Waals surface area contributed by atoms with E-state index in [1.54, 1.807) is 11.1 Å². The SMILES string of the molecule is O=C(O)CN1CCN(C(=O)NCc2nccs2)CC1. The van der Waals surface area contributed by atoms with Crippen LogP contribution in [-0.4, -0.2) is 64.6 Å². The molecule has 7 nitrogen and oxygen atoms in total. The zero-order valence-electron chi connectivity index (χ0n) is 10.4. The van der Waals surface area contributed by atoms with E-state index in [0.717, 1.165) is 5.01 Å². The number of piperazine rings is 1. The lowest BCUT2D eigenvalue weighted by Crippen LogP contribution is -2.52. The summed E-state index contributed by atoms with van der Waals surface area (Å²) in [4.78, 5) is 30.1. The largest absolute Gasteiger partial charge is 0.480 e. The summed E-state index contributed by atoms with van der Waals surface area (Å²) in [5, 5.41) is 14.2. The monoisotopic (exact) mass is 284 g/mol. The van der Waals surface area contributed by atoms with Crippen LogP contribution in [0.1, 0.15) is 5.01 Å². The van der Waals surface area contributed by atoms with Crippen molar-refractivity contribution in [3.05, 3.63) is 16.6 Å². The third-order valence-electron chi connectivity index (χ3n) is 2.89. The molecule has 8 heteroatoms. The number of carbonyl (C=O) groups is 2. The molecule has 1 saturated heterocycles. The number of aliphatic carboxylic acids is 1. The van der Waals surface area contributed by atoms with E-state index >= 15 is 0 Å². The minimum Gasteiger partial charge on any atom is -0.480 e. The molecule has 0 bridgehead atoms. The number of hydrogen-bond donors (Lipinski definition) is 2. The fourth-order valence-electron chi connectivity index (χ4n) is 1.90. The van der Waals surface area contributed by atoms with Gasteiger partial charge in [-0.1, -0.05) is 0 Å². The molecule has 2 heterocycles. The first-order chi connectivity index (χ1) is 9.15. The molecule has 1 aliphatic rings. The van der Waals surface area contributed by atoms with E-state index < -0.39 is 5.97 Å². The highest BCUT2D eigenvalue weighted by molar-refractivity contribution is 7.09. The number of aromatic nitrogens is 1. The van der Waals surface area contributed by atoms with Gasteiger partial charge in [-0.05, 0) is 0 Å². The summed E-state index contributed by atoms with van der Waals surface area (Å²) in [5.74, 6) is -0.832. The van der Waals surface area contributed by atoms with Gasteiger partial charge in [-0.15, -0.1) is 11.3 Å². The number of carboxylic acid groups (broad SMARTS) is 1. The van der Waals surface area contributed by atoms with Gasteiger partial charge in [-0.3, -0.25) is 9.69 Å². The Morgan fingerprint density at radius 3 is 2.68 bits per heavy atom. The number of nitrogens with zero attached hydrogens (tertiary/aromatic N) is 3. The Morgan fingerprint density at radius 1 is 1.37 bits per heavy atom. The quantitative estimate of drug-likeness (QED) is 0.816. The van der Waals surface area contributed by atoms with E-state index in [0.29, 0.717) is 32.7 Å². The fraction of sp³-hybridized carbons (Fsp3) is 0.545. The van der Waals surface area contributed by atoms with Crippen LogP contribution < -0.4 is 5.32 Å². The third kappa shape index (κ3) is 4.18. The predicted molar refractivity (Wildman–Crippen MR) is 70.0 cm³/mol. The smallest absolute Gasteiger partial charge is 0.317 e. The van der Waals surface area contributed by atoms with Crippen molar-refractivity contribution in [1.29, 1.82) is 0 Å². The molecular weight excluding hydrogens is 268 g/mol. The zero-order valence-corrected chi connectivity index (χ0v) is 11.2. The highest BCUT2D eigenvalue weighted by Crippen LogP contribution is 2.05. The number of carboxylic acids is 1. The van der Waals surface area contributed by atoms with Crippen LogP contribution in [0.25, 0.3) is 0 Å². The third-order valence-corrected chi connectivity index (χ3v) is 3.67. The van der Waals surface area contributed by atoms with Crippen molar-refractivity contribution in [1.82, 2.24) is 20.1 Å². The second kappa shape index (κ2) is 6.48. The van der Waals surface area contributed by atoms with Crippen LogP contribution in [0.15, 0.2) is 11.6 Å². The van der Waals surface area contributed by atoms with Gasteiger partial charge in [0.15, 0.2) is 0 Å². The van der Waals surface area contributed by atoms with Crippen molar-refractivity contribution in [3.8, 4) is 0 Å². The van der Waals surface area contributed by atoms with Crippen molar-refractivity contribution in [3.63, 3.8) is 0 Å². The molecule has 1 aliphatic heterocycles. The van der Waals surface area contributed by atoms with Gasteiger partial charge in [0.25, 0.3) is 0 Å². The highest BCUT2D eigenvalue weighted by atomic mass is 32.1. The van der Waals surface area contributed by atoms with Crippen molar-refractivity contribution in [2.24, 2.45) is 0 Å². The molecule has 1 aromatic rings. The van der Waals surface area contributed by atoms with Crippen molar-refractivity contribution < 1.29 is 14.7 Å². The van der Waals surface area contributed by atoms with Gasteiger partial charge in [-0.2, -0.15) is 0 Å². The van der Waals surface area contributed by atoms with E-state index in [4.69, 9.17) is 5.11 Å². The summed E-state index contributed by atoms with van der Waals surface area (Å²) < 4.78 is 0. The number of thiazole rings is 1. The van der Waals surface area contributed by atoms with Gasteiger partial charge in [0.2, 0.25) is 0 Å². The van der Waals surface area contributed by atoms with E-state index in [2.05, 4.69) is 10.3 Å². The number of carbonyl (C=O) groups excluding carboxylic acids is 1. The van der Waals surface area contributed by atoms with E-state index in [-0.39, 0.29) is 12.6 Å². The van der Waals surface area contributed by atoms with E-state index in [9.17, 15) is 9.59 Å². The lowest BCUT2D eigenvalue weighted by Gasteiger charge is -2.33. The molecule has 0 radical (unpaired) electrons. The molecule has 19 heavy (non-hydrogen) atoms. The molecule has 2 amide bonds. The van der Waals surface area contributed by atoms with Gasteiger partial charge in [0.05, 0.1) is 13.1 Å². The number of urea groups is 1. The van der Waals surface area contributed by atoms with Gasteiger partial charge in [0.1, 0.15) is 5.01 Å². The number of nitrogens with one attached hydrogen (secondary N) is 1. The fourth-order valence-corrected chi connectivity index (χ4v) is 2.46. The molecule has 0 aliphatic carbocycles. The molecule has 0 aromatic carbocycles. The van der Waals surface area contributed by atoms with E-state index in [1.165, 1.54) is 11.3 Å². The Balaban J connectivity index is 1.71. The van der Waals surface area contributed by atoms with Crippen LogP contribution in [0.5, 0.6) is 0 Å². The summed E-state index contributed by atoms with van der Waals surface area (Å²) in [5.41, 5.74) is 0. The Hall–Kier alpha value is -1.67. The first kappa shape index (κ1) is 13.8. The Bertz CT molecular complexity index is 429. The Morgan fingerprint density at radius 2 is 2.11 bits per heavy atom. The lowest BCUT2D eigenvalue weighted by molar-refractivity contribution is -0.138. The number of hydrogen-bond acceptors (Lipinski definition) is 5.